The van der Waals surface area contributed by atoms with Crippen LogP contribution < -0.4 is 0 Å². The van der Waals surface area contributed by atoms with Crippen molar-refractivity contribution in [3.8, 4) is 0 Å². The van der Waals surface area contributed by atoms with E-state index < -0.39 is 6.67 Å². The Labute approximate surface area is 41.2 Å². The largest absolute Gasteiger partial charge is 0.353 e. The first kappa shape index (κ1) is 5.00. The molecule has 2 nitrogen and oxygen atoms in total. The van der Waals surface area contributed by atoms with Crippen molar-refractivity contribution in [2.75, 3.05) is 20.1 Å². The number of rotatable bonds is 1. The van der Waals surface area contributed by atoms with Crippen LogP contribution in [-0.2, 0) is 9.47 Å². The zero-order valence-electron chi connectivity index (χ0n) is 3.89. The SMILES string of the molecule is FCC1COCO1. The van der Waals surface area contributed by atoms with E-state index in [1.807, 2.05) is 0 Å². The van der Waals surface area contributed by atoms with E-state index >= 15 is 0 Å². The zero-order chi connectivity index (χ0) is 5.11. The smallest absolute Gasteiger partial charge is 0.147 e. The van der Waals surface area contributed by atoms with E-state index in [-0.39, 0.29) is 12.9 Å². The molecule has 0 aromatic rings. The Hall–Kier alpha value is -0.150. The average molecular weight is 106 g/mol. The Balaban J connectivity index is 2.14. The lowest BCUT2D eigenvalue weighted by molar-refractivity contribution is 0.0399. The van der Waals surface area contributed by atoms with Crippen molar-refractivity contribution in [3.63, 3.8) is 0 Å². The van der Waals surface area contributed by atoms with Crippen LogP contribution in [0.5, 0.6) is 0 Å². The lowest BCUT2D eigenvalue weighted by Crippen LogP contribution is -2.10. The molecule has 1 aliphatic rings. The third-order valence-corrected chi connectivity index (χ3v) is 0.863. The molecule has 1 atom stereocenters. The van der Waals surface area contributed by atoms with Crippen LogP contribution >= 0.6 is 0 Å². The predicted molar refractivity (Wildman–Crippen MR) is 21.7 cm³/mol. The molecule has 0 N–H and O–H groups in total. The molecule has 1 saturated heterocycles. The first-order valence-corrected chi connectivity index (χ1v) is 2.19. The zero-order valence-corrected chi connectivity index (χ0v) is 3.89. The Morgan fingerprint density at radius 1 is 1.71 bits per heavy atom. The third kappa shape index (κ3) is 1.11. The van der Waals surface area contributed by atoms with Crippen molar-refractivity contribution in [1.82, 2.24) is 0 Å². The van der Waals surface area contributed by atoms with Gasteiger partial charge in [-0.3, -0.25) is 0 Å². The third-order valence-electron chi connectivity index (χ3n) is 0.863. The predicted octanol–water partition coefficient (Wildman–Crippen LogP) is 0.329. The molecule has 0 spiro atoms. The first-order chi connectivity index (χ1) is 3.43. The van der Waals surface area contributed by atoms with Gasteiger partial charge in [0.15, 0.2) is 0 Å². The van der Waals surface area contributed by atoms with Gasteiger partial charge >= 0.3 is 0 Å². The van der Waals surface area contributed by atoms with Crippen LogP contribution in [0.2, 0.25) is 0 Å². The highest BCUT2D eigenvalue weighted by molar-refractivity contribution is 4.55. The van der Waals surface area contributed by atoms with Crippen LogP contribution in [-0.4, -0.2) is 26.2 Å². The van der Waals surface area contributed by atoms with Crippen molar-refractivity contribution < 1.29 is 13.9 Å². The highest BCUT2D eigenvalue weighted by atomic mass is 19.1. The molecule has 0 radical (unpaired) electrons. The van der Waals surface area contributed by atoms with Crippen molar-refractivity contribution in [2.45, 2.75) is 6.10 Å². The molecule has 42 valence electrons. The molecule has 0 amide bonds. The highest BCUT2D eigenvalue weighted by Gasteiger charge is 2.14. The van der Waals surface area contributed by atoms with E-state index in [2.05, 4.69) is 4.74 Å². The molecule has 1 rings (SSSR count). The van der Waals surface area contributed by atoms with Gasteiger partial charge in [-0.05, 0) is 0 Å². The summed E-state index contributed by atoms with van der Waals surface area (Å²) in [6.07, 6.45) is -0.292. The molecule has 7 heavy (non-hydrogen) atoms. The average Bonchev–Trinajstić information content (AvgIpc) is 2.14. The second-order valence-electron chi connectivity index (χ2n) is 1.43. The van der Waals surface area contributed by atoms with Crippen LogP contribution in [0, 0.1) is 0 Å². The molecule has 0 bridgehead atoms. The standard InChI is InChI=1S/C4H7FO2/c5-1-4-2-6-3-7-4/h4H,1-3H2. The van der Waals surface area contributed by atoms with E-state index in [4.69, 9.17) is 4.74 Å². The summed E-state index contributed by atoms with van der Waals surface area (Å²) >= 11 is 0. The second kappa shape index (κ2) is 2.23. The normalized spacial score (nSPS) is 31.3. The summed E-state index contributed by atoms with van der Waals surface area (Å²) in [4.78, 5) is 0. The molecule has 0 aromatic carbocycles. The number of ether oxygens (including phenoxy) is 2. The molecule has 0 aromatic heterocycles. The Morgan fingerprint density at radius 2 is 2.57 bits per heavy atom. The topological polar surface area (TPSA) is 18.5 Å². The number of hydrogen-bond donors (Lipinski definition) is 0. The van der Waals surface area contributed by atoms with Gasteiger partial charge in [0.1, 0.15) is 19.6 Å². The van der Waals surface area contributed by atoms with Gasteiger partial charge in [0, 0.05) is 0 Å². The quantitative estimate of drug-likeness (QED) is 0.479. The summed E-state index contributed by atoms with van der Waals surface area (Å²) in [5.41, 5.74) is 0. The van der Waals surface area contributed by atoms with E-state index in [1.54, 1.807) is 0 Å². The van der Waals surface area contributed by atoms with Crippen molar-refractivity contribution >= 4 is 0 Å². The summed E-state index contributed by atoms with van der Waals surface area (Å²) in [6, 6.07) is 0. The highest BCUT2D eigenvalue weighted by Crippen LogP contribution is 2.01. The van der Waals surface area contributed by atoms with E-state index in [0.29, 0.717) is 6.61 Å². The molecule has 1 heterocycles. The molecular weight excluding hydrogens is 99.0 g/mol. The Kier molecular flexibility index (Phi) is 1.59. The fourth-order valence-corrected chi connectivity index (χ4v) is 0.461. The molecular formula is C4H7FO2. The van der Waals surface area contributed by atoms with Gasteiger partial charge in [-0.15, -0.1) is 0 Å². The maximum absolute atomic E-state index is 11.5. The van der Waals surface area contributed by atoms with Crippen molar-refractivity contribution in [2.24, 2.45) is 0 Å². The molecule has 1 aliphatic heterocycles. The summed E-state index contributed by atoms with van der Waals surface area (Å²) in [6.45, 7) is 0.241. The van der Waals surface area contributed by atoms with E-state index in [1.165, 1.54) is 0 Å². The number of alkyl halides is 1. The lowest BCUT2D eigenvalue weighted by atomic mass is 10.4. The van der Waals surface area contributed by atoms with Crippen LogP contribution in [0.3, 0.4) is 0 Å². The maximum atomic E-state index is 11.5. The summed E-state index contributed by atoms with van der Waals surface area (Å²) in [5.74, 6) is 0. The van der Waals surface area contributed by atoms with Crippen molar-refractivity contribution in [3.05, 3.63) is 0 Å². The maximum Gasteiger partial charge on any atom is 0.147 e. The minimum absolute atomic E-state index is 0.259. The van der Waals surface area contributed by atoms with Gasteiger partial charge < -0.3 is 9.47 Å². The van der Waals surface area contributed by atoms with Crippen LogP contribution in [0.1, 0.15) is 0 Å². The van der Waals surface area contributed by atoms with Gasteiger partial charge in [-0.25, -0.2) is 4.39 Å². The molecule has 0 saturated carbocycles. The summed E-state index contributed by atoms with van der Waals surface area (Å²) < 4.78 is 20.9. The minimum atomic E-state index is -0.431. The lowest BCUT2D eigenvalue weighted by Gasteiger charge is -1.95. The second-order valence-corrected chi connectivity index (χ2v) is 1.43. The monoisotopic (exact) mass is 106 g/mol. The summed E-state index contributed by atoms with van der Waals surface area (Å²) in [7, 11) is 0. The molecule has 0 aliphatic carbocycles. The fraction of sp³-hybridized carbons (Fsp3) is 1.00. The van der Waals surface area contributed by atoms with Crippen LogP contribution in [0.25, 0.3) is 0 Å². The van der Waals surface area contributed by atoms with E-state index in [9.17, 15) is 4.39 Å². The van der Waals surface area contributed by atoms with Gasteiger partial charge in [0.05, 0.1) is 6.61 Å². The van der Waals surface area contributed by atoms with Crippen molar-refractivity contribution in [1.29, 1.82) is 0 Å². The number of halogens is 1. The number of hydrogen-bond acceptors (Lipinski definition) is 2. The van der Waals surface area contributed by atoms with Crippen LogP contribution in [0.4, 0.5) is 4.39 Å². The first-order valence-electron chi connectivity index (χ1n) is 2.19. The van der Waals surface area contributed by atoms with Gasteiger partial charge in [-0.2, -0.15) is 0 Å². The molecule has 1 fully saturated rings. The minimum Gasteiger partial charge on any atom is -0.353 e. The summed E-state index contributed by atoms with van der Waals surface area (Å²) in [5, 5.41) is 0. The molecule has 3 heteroatoms. The van der Waals surface area contributed by atoms with Gasteiger partial charge in [0.25, 0.3) is 0 Å². The molecule has 1 unspecified atom stereocenters. The van der Waals surface area contributed by atoms with Crippen LogP contribution in [0.15, 0.2) is 0 Å². The Bertz CT molecular complexity index is 51.7. The fourth-order valence-electron chi connectivity index (χ4n) is 0.461. The Morgan fingerprint density at radius 3 is 2.86 bits per heavy atom. The van der Waals surface area contributed by atoms with Gasteiger partial charge in [-0.1, -0.05) is 0 Å². The van der Waals surface area contributed by atoms with E-state index in [0.717, 1.165) is 0 Å². The van der Waals surface area contributed by atoms with Gasteiger partial charge in [0.2, 0.25) is 0 Å².